The Hall–Kier alpha value is -1.49. The van der Waals surface area contributed by atoms with Gasteiger partial charge in [-0.1, -0.05) is 12.1 Å². The van der Waals surface area contributed by atoms with E-state index in [9.17, 15) is 9.59 Å². The molecule has 1 rings (SSSR count). The lowest BCUT2D eigenvalue weighted by Crippen LogP contribution is -2.19. The summed E-state index contributed by atoms with van der Waals surface area (Å²) in [6.07, 6.45) is 2.85. The number of thioether (sulfide) groups is 1. The molecular formula is C13H18N2O2S. The molecule has 0 spiro atoms. The second kappa shape index (κ2) is 7.76. The van der Waals surface area contributed by atoms with Gasteiger partial charge < -0.3 is 10.6 Å². The maximum absolute atomic E-state index is 11.5. The second-order valence-corrected chi connectivity index (χ2v) is 4.82. The Bertz CT molecular complexity index is 404. The standard InChI is InChI=1S/C13H18N2O2S/c1-14-13(17)9-10-3-5-11(6-4-10)15-12(16)7-8-18-2/h3-6H,7-9H2,1-2H3,(H,14,17)(H,15,16). The first-order valence-corrected chi connectivity index (χ1v) is 7.13. The fourth-order valence-electron chi connectivity index (χ4n) is 1.40. The molecule has 0 aliphatic carbocycles. The van der Waals surface area contributed by atoms with Gasteiger partial charge >= 0.3 is 0 Å². The third-order valence-corrected chi connectivity index (χ3v) is 3.03. The normalized spacial score (nSPS) is 9.89. The van der Waals surface area contributed by atoms with Crippen LogP contribution in [0.25, 0.3) is 0 Å². The zero-order valence-corrected chi connectivity index (χ0v) is 11.5. The Balaban J connectivity index is 2.49. The highest BCUT2D eigenvalue weighted by molar-refractivity contribution is 7.98. The van der Waals surface area contributed by atoms with E-state index < -0.39 is 0 Å². The van der Waals surface area contributed by atoms with Crippen molar-refractivity contribution in [3.63, 3.8) is 0 Å². The summed E-state index contributed by atoms with van der Waals surface area (Å²) in [5, 5.41) is 5.39. The van der Waals surface area contributed by atoms with Gasteiger partial charge in [0.25, 0.3) is 0 Å². The van der Waals surface area contributed by atoms with Crippen LogP contribution < -0.4 is 10.6 Å². The highest BCUT2D eigenvalue weighted by atomic mass is 32.2. The first kappa shape index (κ1) is 14.6. The lowest BCUT2D eigenvalue weighted by atomic mass is 10.1. The van der Waals surface area contributed by atoms with Gasteiger partial charge in [0.05, 0.1) is 6.42 Å². The average Bonchev–Trinajstić information content (AvgIpc) is 2.38. The number of hydrogen-bond acceptors (Lipinski definition) is 3. The molecule has 0 heterocycles. The first-order chi connectivity index (χ1) is 8.65. The van der Waals surface area contributed by atoms with Crippen molar-refractivity contribution in [3.05, 3.63) is 29.8 Å². The summed E-state index contributed by atoms with van der Waals surface area (Å²) >= 11 is 1.65. The molecule has 18 heavy (non-hydrogen) atoms. The lowest BCUT2D eigenvalue weighted by molar-refractivity contribution is -0.120. The van der Waals surface area contributed by atoms with Crippen molar-refractivity contribution < 1.29 is 9.59 Å². The molecule has 2 amide bonds. The number of carbonyl (C=O) groups excluding carboxylic acids is 2. The number of hydrogen-bond donors (Lipinski definition) is 2. The first-order valence-electron chi connectivity index (χ1n) is 5.74. The Kier molecular flexibility index (Phi) is 6.28. The molecule has 0 aliphatic heterocycles. The van der Waals surface area contributed by atoms with E-state index in [0.717, 1.165) is 17.0 Å². The monoisotopic (exact) mass is 266 g/mol. The molecule has 1 aromatic carbocycles. The van der Waals surface area contributed by atoms with Crippen LogP contribution in [-0.2, 0) is 16.0 Å². The topological polar surface area (TPSA) is 58.2 Å². The van der Waals surface area contributed by atoms with E-state index in [1.165, 1.54) is 0 Å². The van der Waals surface area contributed by atoms with E-state index in [0.29, 0.717) is 12.8 Å². The van der Waals surface area contributed by atoms with Crippen molar-refractivity contribution >= 4 is 29.3 Å². The van der Waals surface area contributed by atoms with Crippen molar-refractivity contribution in [3.8, 4) is 0 Å². The van der Waals surface area contributed by atoms with E-state index >= 15 is 0 Å². The average molecular weight is 266 g/mol. The number of anilines is 1. The minimum Gasteiger partial charge on any atom is -0.359 e. The number of amides is 2. The van der Waals surface area contributed by atoms with Gasteiger partial charge in [-0.3, -0.25) is 9.59 Å². The van der Waals surface area contributed by atoms with Crippen molar-refractivity contribution in [1.29, 1.82) is 0 Å². The van der Waals surface area contributed by atoms with E-state index in [4.69, 9.17) is 0 Å². The molecule has 5 heteroatoms. The van der Waals surface area contributed by atoms with Crippen LogP contribution in [0.2, 0.25) is 0 Å². The van der Waals surface area contributed by atoms with Gasteiger partial charge in [-0.25, -0.2) is 0 Å². The summed E-state index contributed by atoms with van der Waals surface area (Å²) in [5.41, 5.74) is 1.69. The second-order valence-electron chi connectivity index (χ2n) is 3.84. The molecule has 0 atom stereocenters. The SMILES string of the molecule is CNC(=O)Cc1ccc(NC(=O)CCSC)cc1. The fourth-order valence-corrected chi connectivity index (χ4v) is 1.79. The molecule has 0 aromatic heterocycles. The van der Waals surface area contributed by atoms with Gasteiger partial charge in [0.2, 0.25) is 11.8 Å². The predicted octanol–water partition coefficient (Wildman–Crippen LogP) is 1.67. The van der Waals surface area contributed by atoms with Crippen LogP contribution in [0, 0.1) is 0 Å². The molecule has 2 N–H and O–H groups in total. The maximum Gasteiger partial charge on any atom is 0.225 e. The van der Waals surface area contributed by atoms with Crippen LogP contribution in [0.4, 0.5) is 5.69 Å². The van der Waals surface area contributed by atoms with Crippen LogP contribution >= 0.6 is 11.8 Å². The molecule has 0 bridgehead atoms. The lowest BCUT2D eigenvalue weighted by Gasteiger charge is -2.06. The molecule has 0 saturated carbocycles. The number of rotatable bonds is 6. The highest BCUT2D eigenvalue weighted by Gasteiger charge is 2.03. The van der Waals surface area contributed by atoms with Crippen LogP contribution in [0.1, 0.15) is 12.0 Å². The van der Waals surface area contributed by atoms with Gasteiger partial charge in [-0.05, 0) is 24.0 Å². The molecule has 0 radical (unpaired) electrons. The summed E-state index contributed by atoms with van der Waals surface area (Å²) in [6.45, 7) is 0. The third-order valence-electron chi connectivity index (χ3n) is 2.41. The van der Waals surface area contributed by atoms with Gasteiger partial charge in [-0.2, -0.15) is 11.8 Å². The zero-order valence-electron chi connectivity index (χ0n) is 10.7. The van der Waals surface area contributed by atoms with Crippen LogP contribution in [0.5, 0.6) is 0 Å². The maximum atomic E-state index is 11.5. The minimum absolute atomic E-state index is 0.0170. The third kappa shape index (κ3) is 5.23. The fraction of sp³-hybridized carbons (Fsp3) is 0.385. The van der Waals surface area contributed by atoms with Crippen molar-refractivity contribution in [2.24, 2.45) is 0 Å². The Morgan fingerprint density at radius 2 is 1.83 bits per heavy atom. The van der Waals surface area contributed by atoms with Gasteiger partial charge in [-0.15, -0.1) is 0 Å². The summed E-state index contributed by atoms with van der Waals surface area (Å²) in [5.74, 6) is 0.816. The van der Waals surface area contributed by atoms with E-state index in [1.807, 2.05) is 30.5 Å². The number of nitrogens with one attached hydrogen (secondary N) is 2. The van der Waals surface area contributed by atoms with Gasteiger partial charge in [0.1, 0.15) is 0 Å². The highest BCUT2D eigenvalue weighted by Crippen LogP contribution is 2.11. The molecule has 4 nitrogen and oxygen atoms in total. The number of benzene rings is 1. The van der Waals surface area contributed by atoms with E-state index in [-0.39, 0.29) is 11.8 Å². The Labute approximate surface area is 112 Å². The summed E-state index contributed by atoms with van der Waals surface area (Å²) in [6, 6.07) is 7.32. The molecule has 1 aromatic rings. The zero-order chi connectivity index (χ0) is 13.4. The van der Waals surface area contributed by atoms with Crippen molar-refractivity contribution in [2.75, 3.05) is 24.4 Å². The summed E-state index contributed by atoms with van der Waals surface area (Å²) in [4.78, 5) is 22.7. The Morgan fingerprint density at radius 3 is 2.39 bits per heavy atom. The molecule has 0 unspecified atom stereocenters. The molecule has 98 valence electrons. The smallest absolute Gasteiger partial charge is 0.225 e. The molecule has 0 fully saturated rings. The van der Waals surface area contributed by atoms with Crippen LogP contribution in [0.3, 0.4) is 0 Å². The van der Waals surface area contributed by atoms with Crippen molar-refractivity contribution in [2.45, 2.75) is 12.8 Å². The van der Waals surface area contributed by atoms with Crippen LogP contribution in [0.15, 0.2) is 24.3 Å². The summed E-state index contributed by atoms with van der Waals surface area (Å²) < 4.78 is 0. The van der Waals surface area contributed by atoms with Crippen LogP contribution in [-0.4, -0.2) is 30.9 Å². The minimum atomic E-state index is -0.0215. The Morgan fingerprint density at radius 1 is 1.17 bits per heavy atom. The quantitative estimate of drug-likeness (QED) is 0.823. The predicted molar refractivity (Wildman–Crippen MR) is 75.8 cm³/mol. The molecule has 0 aliphatic rings. The largest absolute Gasteiger partial charge is 0.359 e. The van der Waals surface area contributed by atoms with Gasteiger partial charge in [0.15, 0.2) is 0 Å². The van der Waals surface area contributed by atoms with Crippen molar-refractivity contribution in [1.82, 2.24) is 5.32 Å². The number of carbonyl (C=O) groups is 2. The van der Waals surface area contributed by atoms with E-state index in [2.05, 4.69) is 10.6 Å². The van der Waals surface area contributed by atoms with E-state index in [1.54, 1.807) is 18.8 Å². The molecular weight excluding hydrogens is 248 g/mol. The summed E-state index contributed by atoms with van der Waals surface area (Å²) in [7, 11) is 1.61. The molecule has 0 saturated heterocycles. The van der Waals surface area contributed by atoms with Gasteiger partial charge in [0, 0.05) is 24.9 Å². The number of likely N-dealkylation sites (N-methyl/N-ethyl adjacent to an activating group) is 1.